The van der Waals surface area contributed by atoms with Crippen molar-refractivity contribution in [2.24, 2.45) is 5.41 Å². The first-order valence-electron chi connectivity index (χ1n) is 7.69. The van der Waals surface area contributed by atoms with Crippen LogP contribution in [-0.2, 0) is 15.0 Å². The third kappa shape index (κ3) is 5.51. The maximum absolute atomic E-state index is 12.1. The summed E-state index contributed by atoms with van der Waals surface area (Å²) < 4.78 is 0. The summed E-state index contributed by atoms with van der Waals surface area (Å²) in [6.45, 7) is 12.2. The molecule has 0 heterocycles. The third-order valence-corrected chi connectivity index (χ3v) is 3.33. The van der Waals surface area contributed by atoms with Gasteiger partial charge in [0, 0.05) is 24.1 Å². The van der Waals surface area contributed by atoms with Crippen molar-refractivity contribution < 1.29 is 9.59 Å². The molecular formula is C18H28N2O2. The molecule has 0 fully saturated rings. The summed E-state index contributed by atoms with van der Waals surface area (Å²) in [4.78, 5) is 23.8. The van der Waals surface area contributed by atoms with Crippen molar-refractivity contribution in [1.82, 2.24) is 5.32 Å². The van der Waals surface area contributed by atoms with E-state index in [-0.39, 0.29) is 23.7 Å². The molecule has 0 radical (unpaired) electrons. The first kappa shape index (κ1) is 18.2. The molecule has 0 saturated heterocycles. The summed E-state index contributed by atoms with van der Waals surface area (Å²) in [5.74, 6) is -0.138. The monoisotopic (exact) mass is 304 g/mol. The van der Waals surface area contributed by atoms with Gasteiger partial charge in [0.2, 0.25) is 11.8 Å². The summed E-state index contributed by atoms with van der Waals surface area (Å²) in [5, 5.41) is 5.72. The van der Waals surface area contributed by atoms with Gasteiger partial charge in [0.05, 0.1) is 0 Å². The van der Waals surface area contributed by atoms with Crippen LogP contribution < -0.4 is 10.6 Å². The van der Waals surface area contributed by atoms with Crippen molar-refractivity contribution in [3.8, 4) is 0 Å². The van der Waals surface area contributed by atoms with Gasteiger partial charge >= 0.3 is 0 Å². The molecule has 0 aliphatic carbocycles. The molecular weight excluding hydrogens is 276 g/mol. The Bertz CT molecular complexity index is 537. The topological polar surface area (TPSA) is 58.2 Å². The summed E-state index contributed by atoms with van der Waals surface area (Å²) in [5.41, 5.74) is 1.46. The van der Waals surface area contributed by atoms with E-state index in [0.29, 0.717) is 6.54 Å². The fourth-order valence-corrected chi connectivity index (χ4v) is 2.01. The number of nitrogens with one attached hydrogen (secondary N) is 2. The van der Waals surface area contributed by atoms with Gasteiger partial charge in [-0.15, -0.1) is 0 Å². The first-order chi connectivity index (χ1) is 10.0. The van der Waals surface area contributed by atoms with Crippen LogP contribution in [0.2, 0.25) is 0 Å². The number of carbonyl (C=O) groups excluding carboxylic acids is 2. The largest absolute Gasteiger partial charge is 0.355 e. The average Bonchev–Trinajstić information content (AvgIpc) is 2.36. The minimum atomic E-state index is -0.435. The van der Waals surface area contributed by atoms with Crippen LogP contribution in [0.4, 0.5) is 5.69 Å². The van der Waals surface area contributed by atoms with Gasteiger partial charge in [-0.2, -0.15) is 0 Å². The maximum Gasteiger partial charge on any atom is 0.226 e. The van der Waals surface area contributed by atoms with Crippen molar-refractivity contribution in [2.45, 2.75) is 53.4 Å². The van der Waals surface area contributed by atoms with Gasteiger partial charge in [0.1, 0.15) is 0 Å². The number of hydrogen-bond donors (Lipinski definition) is 2. The van der Waals surface area contributed by atoms with Gasteiger partial charge in [-0.25, -0.2) is 0 Å². The van der Waals surface area contributed by atoms with E-state index in [1.807, 2.05) is 45.0 Å². The summed E-state index contributed by atoms with van der Waals surface area (Å²) >= 11 is 0. The standard InChI is InChI=1S/C18H28N2O2/c1-17(2,3)13-9-7-8-10-14(13)20-15(21)11-12-19-16(22)18(4,5)6/h7-10H,11-12H2,1-6H3,(H,19,22)(H,20,21). The van der Waals surface area contributed by atoms with Crippen LogP contribution >= 0.6 is 0 Å². The van der Waals surface area contributed by atoms with Crippen LogP contribution in [0.5, 0.6) is 0 Å². The zero-order valence-corrected chi connectivity index (χ0v) is 14.5. The maximum atomic E-state index is 12.1. The molecule has 1 rings (SSSR count). The van der Waals surface area contributed by atoms with Crippen molar-refractivity contribution in [1.29, 1.82) is 0 Å². The van der Waals surface area contributed by atoms with E-state index in [1.54, 1.807) is 0 Å². The molecule has 0 unspecified atom stereocenters. The van der Waals surface area contributed by atoms with E-state index in [1.165, 1.54) is 0 Å². The van der Waals surface area contributed by atoms with Crippen LogP contribution in [0.3, 0.4) is 0 Å². The molecule has 0 aliphatic heterocycles. The van der Waals surface area contributed by atoms with Gasteiger partial charge < -0.3 is 10.6 Å². The quantitative estimate of drug-likeness (QED) is 0.894. The number of anilines is 1. The normalized spacial score (nSPS) is 11.9. The lowest BCUT2D eigenvalue weighted by Crippen LogP contribution is -2.36. The van der Waals surface area contributed by atoms with Crippen LogP contribution in [0, 0.1) is 5.41 Å². The predicted molar refractivity (Wildman–Crippen MR) is 90.9 cm³/mol. The Hall–Kier alpha value is -1.84. The molecule has 22 heavy (non-hydrogen) atoms. The smallest absolute Gasteiger partial charge is 0.226 e. The molecule has 0 spiro atoms. The van der Waals surface area contributed by atoms with Crippen molar-refractivity contribution in [2.75, 3.05) is 11.9 Å². The van der Waals surface area contributed by atoms with Gasteiger partial charge in [-0.05, 0) is 17.0 Å². The highest BCUT2D eigenvalue weighted by molar-refractivity contribution is 5.92. The van der Waals surface area contributed by atoms with Crippen LogP contribution in [-0.4, -0.2) is 18.4 Å². The van der Waals surface area contributed by atoms with Crippen LogP contribution in [0.25, 0.3) is 0 Å². The molecule has 0 bridgehead atoms. The minimum absolute atomic E-state index is 0.0374. The number of amides is 2. The van der Waals surface area contributed by atoms with E-state index >= 15 is 0 Å². The molecule has 4 heteroatoms. The lowest BCUT2D eigenvalue weighted by atomic mass is 9.86. The highest BCUT2D eigenvalue weighted by atomic mass is 16.2. The van der Waals surface area contributed by atoms with Gasteiger partial charge in [-0.3, -0.25) is 9.59 Å². The number of para-hydroxylation sites is 1. The Morgan fingerprint density at radius 1 is 1.00 bits per heavy atom. The Kier molecular flexibility index (Phi) is 5.75. The Labute approximate surface area is 133 Å². The summed E-state index contributed by atoms with van der Waals surface area (Å²) in [7, 11) is 0. The molecule has 4 nitrogen and oxygen atoms in total. The molecule has 0 aliphatic rings. The van der Waals surface area contributed by atoms with E-state index in [0.717, 1.165) is 11.3 Å². The van der Waals surface area contributed by atoms with Crippen molar-refractivity contribution in [3.63, 3.8) is 0 Å². The van der Waals surface area contributed by atoms with E-state index in [4.69, 9.17) is 0 Å². The second-order valence-corrected chi connectivity index (χ2v) is 7.60. The number of benzene rings is 1. The molecule has 0 saturated carbocycles. The molecule has 2 amide bonds. The van der Waals surface area contributed by atoms with E-state index in [9.17, 15) is 9.59 Å². The van der Waals surface area contributed by atoms with Crippen molar-refractivity contribution in [3.05, 3.63) is 29.8 Å². The summed E-state index contributed by atoms with van der Waals surface area (Å²) in [6, 6.07) is 7.81. The molecule has 2 N–H and O–H groups in total. The average molecular weight is 304 g/mol. The molecule has 1 aromatic carbocycles. The van der Waals surface area contributed by atoms with Crippen LogP contribution in [0.1, 0.15) is 53.5 Å². The van der Waals surface area contributed by atoms with Gasteiger partial charge in [-0.1, -0.05) is 59.7 Å². The highest BCUT2D eigenvalue weighted by Gasteiger charge is 2.21. The van der Waals surface area contributed by atoms with Gasteiger partial charge in [0.25, 0.3) is 0 Å². The minimum Gasteiger partial charge on any atom is -0.355 e. The number of hydrogen-bond acceptors (Lipinski definition) is 2. The zero-order valence-electron chi connectivity index (χ0n) is 14.5. The first-order valence-corrected chi connectivity index (χ1v) is 7.69. The third-order valence-electron chi connectivity index (χ3n) is 3.33. The predicted octanol–water partition coefficient (Wildman–Crippen LogP) is 3.48. The van der Waals surface area contributed by atoms with E-state index in [2.05, 4.69) is 31.4 Å². The lowest BCUT2D eigenvalue weighted by Gasteiger charge is -2.23. The van der Waals surface area contributed by atoms with Gasteiger partial charge in [0.15, 0.2) is 0 Å². The SMILES string of the molecule is CC(C)(C)C(=O)NCCC(=O)Nc1ccccc1C(C)(C)C. The number of rotatable bonds is 4. The van der Waals surface area contributed by atoms with Crippen molar-refractivity contribution >= 4 is 17.5 Å². The zero-order chi connectivity index (χ0) is 17.0. The molecule has 0 atom stereocenters. The lowest BCUT2D eigenvalue weighted by molar-refractivity contribution is -0.128. The highest BCUT2D eigenvalue weighted by Crippen LogP contribution is 2.29. The van der Waals surface area contributed by atoms with Crippen LogP contribution in [0.15, 0.2) is 24.3 Å². The van der Waals surface area contributed by atoms with E-state index < -0.39 is 5.41 Å². The number of carbonyl (C=O) groups is 2. The Morgan fingerprint density at radius 2 is 1.59 bits per heavy atom. The summed E-state index contributed by atoms with van der Waals surface area (Å²) in [6.07, 6.45) is 0.264. The Balaban J connectivity index is 2.59. The second kappa shape index (κ2) is 6.95. The fraction of sp³-hybridized carbons (Fsp3) is 0.556. The Morgan fingerprint density at radius 3 is 2.14 bits per heavy atom. The second-order valence-electron chi connectivity index (χ2n) is 7.60. The molecule has 1 aromatic rings. The molecule has 0 aromatic heterocycles. The molecule has 122 valence electrons. The fourth-order valence-electron chi connectivity index (χ4n) is 2.01.